The van der Waals surface area contributed by atoms with Gasteiger partial charge in [0.05, 0.1) is 5.69 Å². The summed E-state index contributed by atoms with van der Waals surface area (Å²) in [6.45, 7) is 4.23. The van der Waals surface area contributed by atoms with E-state index in [9.17, 15) is 0 Å². The van der Waals surface area contributed by atoms with Crippen molar-refractivity contribution in [3.63, 3.8) is 0 Å². The van der Waals surface area contributed by atoms with Crippen molar-refractivity contribution in [1.82, 2.24) is 10.3 Å². The van der Waals surface area contributed by atoms with Crippen molar-refractivity contribution < 1.29 is 0 Å². The molecule has 2 nitrogen and oxygen atoms in total. The molecule has 0 radical (unpaired) electrons. The van der Waals surface area contributed by atoms with Crippen LogP contribution in [-0.2, 0) is 19.4 Å². The van der Waals surface area contributed by atoms with Gasteiger partial charge in [0, 0.05) is 12.7 Å². The first kappa shape index (κ1) is 10.6. The molecule has 15 heavy (non-hydrogen) atoms. The molecule has 2 rings (SSSR count). The summed E-state index contributed by atoms with van der Waals surface area (Å²) in [6, 6.07) is 2.19. The molecule has 1 aromatic heterocycles. The predicted octanol–water partition coefficient (Wildman–Crippen LogP) is 2.46. The van der Waals surface area contributed by atoms with E-state index < -0.39 is 0 Å². The van der Waals surface area contributed by atoms with Gasteiger partial charge in [-0.05, 0) is 55.8 Å². The van der Waals surface area contributed by atoms with Gasteiger partial charge in [-0.25, -0.2) is 0 Å². The number of rotatable bonds is 4. The molecule has 0 fully saturated rings. The Balaban J connectivity index is 2.09. The highest BCUT2D eigenvalue weighted by Gasteiger charge is 2.13. The zero-order valence-corrected chi connectivity index (χ0v) is 9.55. The van der Waals surface area contributed by atoms with Crippen LogP contribution in [0.1, 0.15) is 43.0 Å². The summed E-state index contributed by atoms with van der Waals surface area (Å²) in [6.07, 6.45) is 8.31. The number of hydrogen-bond acceptors (Lipinski definition) is 2. The van der Waals surface area contributed by atoms with Crippen LogP contribution in [0, 0.1) is 0 Å². The summed E-state index contributed by atoms with van der Waals surface area (Å²) in [7, 11) is 0. The Morgan fingerprint density at radius 1 is 1.33 bits per heavy atom. The Morgan fingerprint density at radius 3 is 3.07 bits per heavy atom. The number of hydrogen-bond donors (Lipinski definition) is 1. The molecule has 1 aromatic rings. The smallest absolute Gasteiger partial charge is 0.0576 e. The minimum absolute atomic E-state index is 0.941. The zero-order valence-electron chi connectivity index (χ0n) is 9.55. The summed E-state index contributed by atoms with van der Waals surface area (Å²) < 4.78 is 0. The lowest BCUT2D eigenvalue weighted by molar-refractivity contribution is 0.632. The fourth-order valence-corrected chi connectivity index (χ4v) is 2.27. The molecule has 0 aliphatic heterocycles. The highest BCUT2D eigenvalue weighted by molar-refractivity contribution is 5.32. The van der Waals surface area contributed by atoms with Gasteiger partial charge in [-0.2, -0.15) is 0 Å². The first-order chi connectivity index (χ1) is 7.42. The number of aromatic nitrogens is 1. The molecule has 2 heteroatoms. The first-order valence-corrected chi connectivity index (χ1v) is 6.08. The molecule has 0 bridgehead atoms. The number of fused-ring (bicyclic) bond motifs is 1. The topological polar surface area (TPSA) is 24.9 Å². The third-order valence-corrected chi connectivity index (χ3v) is 3.08. The Morgan fingerprint density at radius 2 is 2.20 bits per heavy atom. The second-order valence-electron chi connectivity index (χ2n) is 4.28. The fourth-order valence-electron chi connectivity index (χ4n) is 2.27. The Bertz CT molecular complexity index is 320. The number of pyridine rings is 1. The van der Waals surface area contributed by atoms with Crippen molar-refractivity contribution in [2.75, 3.05) is 6.54 Å². The number of aryl methyl sites for hydroxylation is 1. The molecule has 1 aliphatic carbocycles. The minimum atomic E-state index is 0.941. The normalized spacial score (nSPS) is 15.0. The maximum atomic E-state index is 4.50. The zero-order chi connectivity index (χ0) is 10.5. The van der Waals surface area contributed by atoms with Gasteiger partial charge < -0.3 is 5.32 Å². The van der Waals surface area contributed by atoms with E-state index in [4.69, 9.17) is 0 Å². The molecule has 1 N–H and O–H groups in total. The third-order valence-electron chi connectivity index (χ3n) is 3.08. The Kier molecular flexibility index (Phi) is 3.73. The van der Waals surface area contributed by atoms with E-state index in [1.54, 1.807) is 0 Å². The van der Waals surface area contributed by atoms with Crippen molar-refractivity contribution in [1.29, 1.82) is 0 Å². The van der Waals surface area contributed by atoms with E-state index in [1.165, 1.54) is 48.9 Å². The molecule has 82 valence electrons. The average molecular weight is 204 g/mol. The number of nitrogens with zero attached hydrogens (tertiary/aromatic N) is 1. The maximum Gasteiger partial charge on any atom is 0.0576 e. The Labute approximate surface area is 92.1 Å². The second kappa shape index (κ2) is 5.26. The average Bonchev–Trinajstić information content (AvgIpc) is 2.30. The SMILES string of the molecule is CCCNCc1nccc2c1CCCC2. The van der Waals surface area contributed by atoms with Crippen molar-refractivity contribution in [2.24, 2.45) is 0 Å². The van der Waals surface area contributed by atoms with Gasteiger partial charge in [0.2, 0.25) is 0 Å². The van der Waals surface area contributed by atoms with Crippen LogP contribution >= 0.6 is 0 Å². The van der Waals surface area contributed by atoms with E-state index >= 15 is 0 Å². The van der Waals surface area contributed by atoms with Crippen molar-refractivity contribution >= 4 is 0 Å². The lowest BCUT2D eigenvalue weighted by Gasteiger charge is -2.18. The summed E-state index contributed by atoms with van der Waals surface area (Å²) in [5.41, 5.74) is 4.33. The summed E-state index contributed by atoms with van der Waals surface area (Å²) in [5.74, 6) is 0. The van der Waals surface area contributed by atoms with E-state index in [0.29, 0.717) is 0 Å². The molecule has 1 aliphatic rings. The summed E-state index contributed by atoms with van der Waals surface area (Å²) in [5, 5.41) is 3.44. The van der Waals surface area contributed by atoms with Gasteiger partial charge >= 0.3 is 0 Å². The van der Waals surface area contributed by atoms with E-state index in [-0.39, 0.29) is 0 Å². The molecular formula is C13H20N2. The van der Waals surface area contributed by atoms with Crippen molar-refractivity contribution in [3.05, 3.63) is 29.1 Å². The summed E-state index contributed by atoms with van der Waals surface area (Å²) >= 11 is 0. The van der Waals surface area contributed by atoms with Gasteiger partial charge in [-0.3, -0.25) is 4.98 Å². The minimum Gasteiger partial charge on any atom is -0.311 e. The van der Waals surface area contributed by atoms with Crippen LogP contribution in [0.4, 0.5) is 0 Å². The molecule has 0 atom stereocenters. The molecule has 0 saturated heterocycles. The Hall–Kier alpha value is -0.890. The van der Waals surface area contributed by atoms with E-state index in [0.717, 1.165) is 13.1 Å². The molecule has 1 heterocycles. The standard InChI is InChI=1S/C13H20N2/c1-2-8-14-10-13-12-6-4-3-5-11(12)7-9-15-13/h7,9,14H,2-6,8,10H2,1H3. The van der Waals surface area contributed by atoms with Gasteiger partial charge in [-0.1, -0.05) is 6.92 Å². The van der Waals surface area contributed by atoms with Crippen LogP contribution in [0.15, 0.2) is 12.3 Å². The highest BCUT2D eigenvalue weighted by Crippen LogP contribution is 2.22. The van der Waals surface area contributed by atoms with Crippen LogP contribution in [0.25, 0.3) is 0 Å². The summed E-state index contributed by atoms with van der Waals surface area (Å²) in [4.78, 5) is 4.50. The van der Waals surface area contributed by atoms with Crippen LogP contribution < -0.4 is 5.32 Å². The molecule has 0 aromatic carbocycles. The molecule has 0 spiro atoms. The molecule has 0 amide bonds. The van der Waals surface area contributed by atoms with Gasteiger partial charge in [0.1, 0.15) is 0 Å². The van der Waals surface area contributed by atoms with Gasteiger partial charge in [0.25, 0.3) is 0 Å². The lowest BCUT2D eigenvalue weighted by Crippen LogP contribution is -2.18. The molecule has 0 saturated carbocycles. The van der Waals surface area contributed by atoms with E-state index in [1.807, 2.05) is 6.20 Å². The maximum absolute atomic E-state index is 4.50. The quantitative estimate of drug-likeness (QED) is 0.762. The van der Waals surface area contributed by atoms with E-state index in [2.05, 4.69) is 23.3 Å². The number of nitrogens with one attached hydrogen (secondary N) is 1. The largest absolute Gasteiger partial charge is 0.311 e. The van der Waals surface area contributed by atoms with Gasteiger partial charge in [0.15, 0.2) is 0 Å². The van der Waals surface area contributed by atoms with Crippen molar-refractivity contribution in [2.45, 2.75) is 45.6 Å². The van der Waals surface area contributed by atoms with Crippen LogP contribution in [0.3, 0.4) is 0 Å². The van der Waals surface area contributed by atoms with Crippen molar-refractivity contribution in [3.8, 4) is 0 Å². The monoisotopic (exact) mass is 204 g/mol. The first-order valence-electron chi connectivity index (χ1n) is 6.08. The third kappa shape index (κ3) is 2.57. The lowest BCUT2D eigenvalue weighted by atomic mass is 9.91. The van der Waals surface area contributed by atoms with Gasteiger partial charge in [-0.15, -0.1) is 0 Å². The van der Waals surface area contributed by atoms with Crippen LogP contribution in [-0.4, -0.2) is 11.5 Å². The second-order valence-corrected chi connectivity index (χ2v) is 4.28. The highest BCUT2D eigenvalue weighted by atomic mass is 14.9. The molecular weight excluding hydrogens is 184 g/mol. The van der Waals surface area contributed by atoms with Crippen LogP contribution in [0.2, 0.25) is 0 Å². The molecule has 0 unspecified atom stereocenters. The fraction of sp³-hybridized carbons (Fsp3) is 0.615. The predicted molar refractivity (Wildman–Crippen MR) is 62.9 cm³/mol. The van der Waals surface area contributed by atoms with Crippen LogP contribution in [0.5, 0.6) is 0 Å².